The van der Waals surface area contributed by atoms with Crippen LogP contribution >= 0.6 is 23.1 Å². The van der Waals surface area contributed by atoms with Crippen LogP contribution < -0.4 is 20.0 Å². The lowest BCUT2D eigenvalue weighted by Crippen LogP contribution is -2.33. The first-order valence-electron chi connectivity index (χ1n) is 13.2. The largest absolute Gasteiger partial charge is 0.378 e. The van der Waals surface area contributed by atoms with Crippen molar-refractivity contribution in [3.8, 4) is 0 Å². The maximum Gasteiger partial charge on any atom is 0.308 e. The highest BCUT2D eigenvalue weighted by Crippen LogP contribution is 2.54. The van der Waals surface area contributed by atoms with Gasteiger partial charge in [0, 0.05) is 36.3 Å². The summed E-state index contributed by atoms with van der Waals surface area (Å²) in [5.41, 5.74) is 4.03. The van der Waals surface area contributed by atoms with Gasteiger partial charge in [-0.2, -0.15) is 0 Å². The van der Waals surface area contributed by atoms with E-state index in [9.17, 15) is 19.2 Å². The number of benzene rings is 3. The fourth-order valence-corrected chi connectivity index (χ4v) is 8.18. The molecule has 1 aromatic heterocycles. The van der Waals surface area contributed by atoms with Gasteiger partial charge in [0.2, 0.25) is 17.7 Å². The van der Waals surface area contributed by atoms with E-state index in [1.54, 1.807) is 24.3 Å². The predicted octanol–water partition coefficient (Wildman–Crippen LogP) is 4.72. The molecule has 3 amide bonds. The predicted molar refractivity (Wildman–Crippen MR) is 163 cm³/mol. The smallest absolute Gasteiger partial charge is 0.308 e. The number of carbonyl (C=O) groups is 3. The molecule has 2 aliphatic rings. The number of anilines is 3. The highest BCUT2D eigenvalue weighted by atomic mass is 32.2. The van der Waals surface area contributed by atoms with Crippen molar-refractivity contribution in [2.24, 2.45) is 5.92 Å². The quantitative estimate of drug-likeness (QED) is 0.330. The van der Waals surface area contributed by atoms with Gasteiger partial charge in [0.05, 0.1) is 16.6 Å². The third-order valence-corrected chi connectivity index (χ3v) is 10.1. The molecule has 3 aromatic carbocycles. The van der Waals surface area contributed by atoms with E-state index in [0.29, 0.717) is 21.3 Å². The summed E-state index contributed by atoms with van der Waals surface area (Å²) in [5.74, 6) is -2.12. The van der Waals surface area contributed by atoms with Crippen molar-refractivity contribution in [2.45, 2.75) is 29.7 Å². The van der Waals surface area contributed by atoms with E-state index in [0.717, 1.165) is 28.2 Å². The maximum atomic E-state index is 14.0. The fourth-order valence-electron chi connectivity index (χ4n) is 5.41. The van der Waals surface area contributed by atoms with Crippen LogP contribution in [0.2, 0.25) is 0 Å². The van der Waals surface area contributed by atoms with Crippen LogP contribution in [-0.2, 0) is 20.9 Å². The Morgan fingerprint density at radius 1 is 0.902 bits per heavy atom. The van der Waals surface area contributed by atoms with Gasteiger partial charge in [0.15, 0.2) is 0 Å². The Kier molecular flexibility index (Phi) is 7.04. The van der Waals surface area contributed by atoms with Crippen LogP contribution in [0.1, 0.15) is 21.9 Å². The van der Waals surface area contributed by atoms with Gasteiger partial charge in [0.25, 0.3) is 0 Å². The van der Waals surface area contributed by atoms with Gasteiger partial charge in [-0.25, -0.2) is 4.90 Å². The van der Waals surface area contributed by atoms with Gasteiger partial charge in [0.1, 0.15) is 11.8 Å². The highest BCUT2D eigenvalue weighted by molar-refractivity contribution is 8.00. The number of para-hydroxylation sites is 1. The topological polar surface area (TPSA) is 91.7 Å². The van der Waals surface area contributed by atoms with E-state index in [1.165, 1.54) is 21.2 Å². The minimum Gasteiger partial charge on any atom is -0.378 e. The lowest BCUT2D eigenvalue weighted by molar-refractivity contribution is -0.122. The number of aromatic nitrogens is 1. The lowest BCUT2D eigenvalue weighted by atomic mass is 9.83. The number of thioether (sulfide) groups is 1. The number of imide groups is 1. The summed E-state index contributed by atoms with van der Waals surface area (Å²) in [6.45, 7) is 1.76. The zero-order valence-electron chi connectivity index (χ0n) is 22.7. The number of nitrogens with zero attached hydrogens (tertiary/aromatic N) is 3. The van der Waals surface area contributed by atoms with Gasteiger partial charge in [-0.05, 0) is 48.9 Å². The molecule has 1 N–H and O–H groups in total. The van der Waals surface area contributed by atoms with Crippen LogP contribution in [0.25, 0.3) is 0 Å². The first-order chi connectivity index (χ1) is 19.7. The average Bonchev–Trinajstić information content (AvgIpc) is 3.40. The van der Waals surface area contributed by atoms with Crippen molar-refractivity contribution in [1.82, 2.24) is 4.57 Å². The summed E-state index contributed by atoms with van der Waals surface area (Å²) in [5, 5.41) is 2.67. The number of hydrogen-bond acceptors (Lipinski definition) is 7. The van der Waals surface area contributed by atoms with Crippen LogP contribution in [0.15, 0.2) is 88.7 Å². The number of amides is 3. The SMILES string of the molecule is Cc1ccc(N2C(=O)C3Sc4c(sc(=O)n4CC(=O)Nc4ccccc4)[C@H](c4ccc(N(C)C)cc4)C3C2=O)cc1. The molecule has 6 rings (SSSR count). The second-order valence-corrected chi connectivity index (χ2v) is 12.5. The fraction of sp³-hybridized carbons (Fsp3) is 0.226. The van der Waals surface area contributed by atoms with Crippen molar-refractivity contribution in [2.75, 3.05) is 29.2 Å². The molecule has 1 fully saturated rings. The second kappa shape index (κ2) is 10.7. The Morgan fingerprint density at radius 3 is 2.24 bits per heavy atom. The molecule has 2 unspecified atom stereocenters. The van der Waals surface area contributed by atoms with Gasteiger partial charge >= 0.3 is 4.87 Å². The first kappa shape index (κ1) is 27.0. The van der Waals surface area contributed by atoms with E-state index in [1.807, 2.05) is 80.5 Å². The van der Waals surface area contributed by atoms with E-state index in [4.69, 9.17) is 0 Å². The molecule has 3 atom stereocenters. The van der Waals surface area contributed by atoms with Gasteiger partial charge in [-0.1, -0.05) is 71.1 Å². The molecule has 2 aliphatic heterocycles. The molecule has 4 aromatic rings. The zero-order chi connectivity index (χ0) is 28.8. The summed E-state index contributed by atoms with van der Waals surface area (Å²) in [6.07, 6.45) is 0. The maximum absolute atomic E-state index is 14.0. The van der Waals surface area contributed by atoms with Gasteiger partial charge < -0.3 is 10.2 Å². The summed E-state index contributed by atoms with van der Waals surface area (Å²) >= 11 is 2.26. The molecule has 3 heterocycles. The summed E-state index contributed by atoms with van der Waals surface area (Å²) in [7, 11) is 3.90. The Morgan fingerprint density at radius 2 is 1.59 bits per heavy atom. The Balaban J connectivity index is 1.42. The van der Waals surface area contributed by atoms with Crippen LogP contribution in [0.3, 0.4) is 0 Å². The second-order valence-electron chi connectivity index (χ2n) is 10.4. The van der Waals surface area contributed by atoms with Crippen LogP contribution in [-0.4, -0.2) is 41.6 Å². The van der Waals surface area contributed by atoms with Crippen molar-refractivity contribution in [3.05, 3.63) is 105 Å². The van der Waals surface area contributed by atoms with Gasteiger partial charge in [-0.15, -0.1) is 0 Å². The summed E-state index contributed by atoms with van der Waals surface area (Å²) < 4.78 is 1.44. The molecule has 1 saturated heterocycles. The van der Waals surface area contributed by atoms with Crippen molar-refractivity contribution < 1.29 is 14.4 Å². The number of aryl methyl sites for hydroxylation is 1. The van der Waals surface area contributed by atoms with Crippen molar-refractivity contribution >= 4 is 57.9 Å². The molecule has 0 bridgehead atoms. The van der Waals surface area contributed by atoms with E-state index < -0.39 is 17.1 Å². The molecule has 0 saturated carbocycles. The summed E-state index contributed by atoms with van der Waals surface area (Å²) in [6, 6.07) is 24.2. The normalized spacial score (nSPS) is 19.6. The van der Waals surface area contributed by atoms with E-state index in [2.05, 4.69) is 5.32 Å². The van der Waals surface area contributed by atoms with Crippen LogP contribution in [0.5, 0.6) is 0 Å². The number of fused-ring (bicyclic) bond motifs is 2. The molecule has 41 heavy (non-hydrogen) atoms. The van der Waals surface area contributed by atoms with Crippen molar-refractivity contribution in [1.29, 1.82) is 0 Å². The molecule has 0 spiro atoms. The lowest BCUT2D eigenvalue weighted by Gasteiger charge is -2.31. The summed E-state index contributed by atoms with van der Waals surface area (Å²) in [4.78, 5) is 57.8. The number of nitrogens with one attached hydrogen (secondary N) is 1. The highest BCUT2D eigenvalue weighted by Gasteiger charge is 2.56. The third kappa shape index (κ3) is 4.87. The number of hydrogen-bond donors (Lipinski definition) is 1. The Bertz CT molecular complexity index is 1690. The molecule has 208 valence electrons. The van der Waals surface area contributed by atoms with E-state index in [-0.39, 0.29) is 29.1 Å². The minimum absolute atomic E-state index is 0.194. The molecule has 10 heteroatoms. The van der Waals surface area contributed by atoms with Crippen LogP contribution in [0.4, 0.5) is 17.1 Å². The monoisotopic (exact) mass is 584 g/mol. The molecular weight excluding hydrogens is 556 g/mol. The number of rotatable bonds is 6. The third-order valence-electron chi connectivity index (χ3n) is 7.47. The first-order valence-corrected chi connectivity index (χ1v) is 14.9. The van der Waals surface area contributed by atoms with Crippen molar-refractivity contribution in [3.63, 3.8) is 0 Å². The zero-order valence-corrected chi connectivity index (χ0v) is 24.4. The minimum atomic E-state index is -0.729. The molecule has 0 radical (unpaired) electrons. The van der Waals surface area contributed by atoms with Crippen LogP contribution in [0, 0.1) is 12.8 Å². The molecular formula is C31H28N4O4S2. The number of carbonyl (C=O) groups excluding carboxylic acids is 3. The Hall–Kier alpha value is -4.15. The van der Waals surface area contributed by atoms with Gasteiger partial charge in [-0.3, -0.25) is 23.7 Å². The Labute approximate surface area is 245 Å². The molecule has 8 nitrogen and oxygen atoms in total. The average molecular weight is 585 g/mol. The standard InChI is InChI=1S/C31H28N4O4S2/c1-18-9-13-22(14-10-18)35-28(37)25-24(19-11-15-21(16-12-19)33(2)3)27-30(40-26(25)29(35)38)34(31(39)41-27)17-23(36)32-20-7-5-4-6-8-20/h4-16,24-26H,17H2,1-3H3,(H,32,36)/t24-,25?,26?/m1/s1. The van der Waals surface area contributed by atoms with E-state index >= 15 is 0 Å². The molecule has 0 aliphatic carbocycles. The number of thiazole rings is 1.